The van der Waals surface area contributed by atoms with E-state index in [9.17, 15) is 0 Å². The minimum Gasteiger partial charge on any atom is -0.377 e. The van der Waals surface area contributed by atoms with Crippen molar-refractivity contribution in [2.75, 3.05) is 6.61 Å². The molecule has 0 heterocycles. The quantitative estimate of drug-likeness (QED) is 0.325. The first-order chi connectivity index (χ1) is 11.6. The summed E-state index contributed by atoms with van der Waals surface area (Å²) in [6, 6.07) is 10.9. The summed E-state index contributed by atoms with van der Waals surface area (Å²) < 4.78 is 6.39. The minimum absolute atomic E-state index is 0.0803. The minimum atomic E-state index is 0.0803. The summed E-state index contributed by atoms with van der Waals surface area (Å²) in [5.74, 6) is 0. The predicted octanol–water partition coefficient (Wildman–Crippen LogP) is 7.29. The van der Waals surface area contributed by atoms with Crippen molar-refractivity contribution < 1.29 is 4.74 Å². The summed E-state index contributed by atoms with van der Waals surface area (Å²) in [5, 5.41) is 0. The van der Waals surface area contributed by atoms with Gasteiger partial charge in [0, 0.05) is 12.0 Å². The van der Waals surface area contributed by atoms with E-state index in [-0.39, 0.29) is 5.41 Å². The fraction of sp³-hybridized carbons (Fsp3) is 0.739. The molecule has 0 radical (unpaired) electrons. The average molecular weight is 333 g/mol. The number of unbranched alkanes of at least 4 members (excludes halogenated alkanes) is 7. The third-order valence-electron chi connectivity index (χ3n) is 5.21. The zero-order chi connectivity index (χ0) is 17.7. The van der Waals surface area contributed by atoms with Gasteiger partial charge in [0.05, 0.1) is 6.10 Å². The lowest BCUT2D eigenvalue weighted by molar-refractivity contribution is -0.00201. The molecule has 1 rings (SSSR count). The lowest BCUT2D eigenvalue weighted by Gasteiger charge is -2.35. The molecule has 0 fully saturated rings. The van der Waals surface area contributed by atoms with Crippen LogP contribution in [0.25, 0.3) is 0 Å². The summed E-state index contributed by atoms with van der Waals surface area (Å²) in [7, 11) is 0. The summed E-state index contributed by atoms with van der Waals surface area (Å²) >= 11 is 0. The van der Waals surface area contributed by atoms with E-state index in [1.165, 1.54) is 69.8 Å². The smallest absolute Gasteiger partial charge is 0.0666 e. The third kappa shape index (κ3) is 7.83. The molecule has 0 aliphatic carbocycles. The Balaban J connectivity index is 2.56. The maximum atomic E-state index is 6.39. The van der Waals surface area contributed by atoms with E-state index in [1.54, 1.807) is 0 Å². The van der Waals surface area contributed by atoms with Crippen LogP contribution in [0.1, 0.15) is 97.5 Å². The first kappa shape index (κ1) is 21.2. The summed E-state index contributed by atoms with van der Waals surface area (Å²) in [6.45, 7) is 10.1. The van der Waals surface area contributed by atoms with Crippen molar-refractivity contribution in [2.45, 2.75) is 103 Å². The van der Waals surface area contributed by atoms with Crippen LogP contribution in [-0.2, 0) is 10.2 Å². The monoisotopic (exact) mass is 332 g/mol. The molecule has 0 bridgehead atoms. The molecular weight excluding hydrogens is 292 g/mol. The van der Waals surface area contributed by atoms with Crippen molar-refractivity contribution in [1.82, 2.24) is 0 Å². The number of benzene rings is 1. The Labute approximate surface area is 151 Å². The van der Waals surface area contributed by atoms with E-state index in [2.05, 4.69) is 58.0 Å². The van der Waals surface area contributed by atoms with Crippen LogP contribution < -0.4 is 0 Å². The molecule has 0 saturated heterocycles. The SMILES string of the molecule is CCCCCCCCC(OCCCCC)C(C)(C)c1ccccc1. The first-order valence-corrected chi connectivity index (χ1v) is 10.3. The van der Waals surface area contributed by atoms with Crippen molar-refractivity contribution in [2.24, 2.45) is 0 Å². The standard InChI is InChI=1S/C23H40O/c1-5-7-9-10-11-15-19-22(24-20-16-8-6-2)23(3,4)21-17-13-12-14-18-21/h12-14,17-18,22H,5-11,15-16,19-20H2,1-4H3. The number of hydrogen-bond donors (Lipinski definition) is 0. The van der Waals surface area contributed by atoms with Gasteiger partial charge in [-0.15, -0.1) is 0 Å². The largest absolute Gasteiger partial charge is 0.377 e. The van der Waals surface area contributed by atoms with Gasteiger partial charge in [0.15, 0.2) is 0 Å². The van der Waals surface area contributed by atoms with Crippen molar-refractivity contribution in [3.05, 3.63) is 35.9 Å². The molecule has 1 atom stereocenters. The molecule has 24 heavy (non-hydrogen) atoms. The van der Waals surface area contributed by atoms with Crippen molar-refractivity contribution in [3.8, 4) is 0 Å². The second kappa shape index (κ2) is 12.5. The van der Waals surface area contributed by atoms with E-state index in [0.717, 1.165) is 6.61 Å². The molecule has 0 aromatic heterocycles. The number of ether oxygens (including phenoxy) is 1. The maximum absolute atomic E-state index is 6.39. The number of hydrogen-bond acceptors (Lipinski definition) is 1. The third-order valence-corrected chi connectivity index (χ3v) is 5.21. The molecule has 1 nitrogen and oxygen atoms in total. The predicted molar refractivity (Wildman–Crippen MR) is 107 cm³/mol. The molecule has 138 valence electrons. The zero-order valence-electron chi connectivity index (χ0n) is 16.7. The first-order valence-electron chi connectivity index (χ1n) is 10.3. The van der Waals surface area contributed by atoms with E-state index in [1.807, 2.05) is 0 Å². The highest BCUT2D eigenvalue weighted by Gasteiger charge is 2.31. The summed E-state index contributed by atoms with van der Waals surface area (Å²) in [4.78, 5) is 0. The molecule has 1 aromatic carbocycles. The Hall–Kier alpha value is -0.820. The van der Waals surface area contributed by atoms with E-state index in [0.29, 0.717) is 6.10 Å². The number of rotatable bonds is 14. The second-order valence-electron chi connectivity index (χ2n) is 7.71. The van der Waals surface area contributed by atoms with E-state index in [4.69, 9.17) is 4.74 Å². The van der Waals surface area contributed by atoms with Gasteiger partial charge in [0.25, 0.3) is 0 Å². The van der Waals surface area contributed by atoms with Crippen LogP contribution in [0.4, 0.5) is 0 Å². The van der Waals surface area contributed by atoms with Crippen LogP contribution in [0.3, 0.4) is 0 Å². The Morgan fingerprint density at radius 1 is 0.792 bits per heavy atom. The molecule has 0 spiro atoms. The second-order valence-corrected chi connectivity index (χ2v) is 7.71. The van der Waals surface area contributed by atoms with Gasteiger partial charge in [0.1, 0.15) is 0 Å². The molecule has 0 aliphatic heterocycles. The van der Waals surface area contributed by atoms with Gasteiger partial charge < -0.3 is 4.74 Å². The molecule has 0 saturated carbocycles. The van der Waals surface area contributed by atoms with Crippen LogP contribution in [-0.4, -0.2) is 12.7 Å². The zero-order valence-corrected chi connectivity index (χ0v) is 16.7. The van der Waals surface area contributed by atoms with Crippen LogP contribution in [0.5, 0.6) is 0 Å². The molecule has 0 aliphatic rings. The van der Waals surface area contributed by atoms with E-state index < -0.39 is 0 Å². The molecular formula is C23H40O. The Kier molecular flexibility index (Phi) is 11.1. The lowest BCUT2D eigenvalue weighted by Crippen LogP contribution is -2.36. The fourth-order valence-corrected chi connectivity index (χ4v) is 3.39. The lowest BCUT2D eigenvalue weighted by atomic mass is 9.77. The van der Waals surface area contributed by atoms with Gasteiger partial charge in [-0.25, -0.2) is 0 Å². The molecule has 0 N–H and O–H groups in total. The average Bonchev–Trinajstić information content (AvgIpc) is 2.60. The highest BCUT2D eigenvalue weighted by atomic mass is 16.5. The molecule has 1 unspecified atom stereocenters. The van der Waals surface area contributed by atoms with E-state index >= 15 is 0 Å². The topological polar surface area (TPSA) is 9.23 Å². The van der Waals surface area contributed by atoms with Gasteiger partial charge >= 0.3 is 0 Å². The van der Waals surface area contributed by atoms with Crippen molar-refractivity contribution in [3.63, 3.8) is 0 Å². The maximum Gasteiger partial charge on any atom is 0.0666 e. The Morgan fingerprint density at radius 2 is 1.38 bits per heavy atom. The van der Waals surface area contributed by atoms with Crippen LogP contribution in [0.2, 0.25) is 0 Å². The Bertz CT molecular complexity index is 396. The molecule has 1 aromatic rings. The van der Waals surface area contributed by atoms with Gasteiger partial charge in [0.2, 0.25) is 0 Å². The summed E-state index contributed by atoms with van der Waals surface area (Å²) in [5.41, 5.74) is 1.48. The van der Waals surface area contributed by atoms with Gasteiger partial charge in [-0.1, -0.05) is 109 Å². The molecule has 1 heteroatoms. The highest BCUT2D eigenvalue weighted by Crippen LogP contribution is 2.32. The van der Waals surface area contributed by atoms with Gasteiger partial charge in [-0.2, -0.15) is 0 Å². The van der Waals surface area contributed by atoms with Crippen molar-refractivity contribution >= 4 is 0 Å². The normalized spacial score (nSPS) is 13.2. The van der Waals surface area contributed by atoms with Gasteiger partial charge in [-0.05, 0) is 18.4 Å². The van der Waals surface area contributed by atoms with Crippen LogP contribution in [0, 0.1) is 0 Å². The fourth-order valence-electron chi connectivity index (χ4n) is 3.39. The van der Waals surface area contributed by atoms with Crippen molar-refractivity contribution in [1.29, 1.82) is 0 Å². The van der Waals surface area contributed by atoms with Gasteiger partial charge in [-0.3, -0.25) is 0 Å². The Morgan fingerprint density at radius 3 is 2.04 bits per heavy atom. The summed E-state index contributed by atoms with van der Waals surface area (Å²) in [6.07, 6.45) is 13.3. The van der Waals surface area contributed by atoms with Crippen LogP contribution in [0.15, 0.2) is 30.3 Å². The highest BCUT2D eigenvalue weighted by molar-refractivity contribution is 5.25. The van der Waals surface area contributed by atoms with Crippen LogP contribution >= 0.6 is 0 Å². The molecule has 0 amide bonds.